The quantitative estimate of drug-likeness (QED) is 0.705. The van der Waals surface area contributed by atoms with Crippen molar-refractivity contribution in [1.29, 1.82) is 0 Å². The molecule has 3 fully saturated rings. The number of carbonyl (C=O) groups is 2. The molecule has 6 nitrogen and oxygen atoms in total. The van der Waals surface area contributed by atoms with Gasteiger partial charge >= 0.3 is 0 Å². The van der Waals surface area contributed by atoms with Gasteiger partial charge in [0.1, 0.15) is 11.6 Å². The third-order valence-corrected chi connectivity index (χ3v) is 5.80. The van der Waals surface area contributed by atoms with Crippen LogP contribution < -0.4 is 11.1 Å². The molecule has 0 aromatic carbocycles. The molecule has 3 aliphatic rings. The molecule has 4 atom stereocenters. The minimum Gasteiger partial charge on any atom is -0.377 e. The second-order valence-corrected chi connectivity index (χ2v) is 7.10. The average molecular weight is 295 g/mol. The molecule has 1 saturated carbocycles. The summed E-state index contributed by atoms with van der Waals surface area (Å²) in [7, 11) is 0. The van der Waals surface area contributed by atoms with Crippen LogP contribution in [0.3, 0.4) is 0 Å². The minimum absolute atomic E-state index is 0.0501. The lowest BCUT2D eigenvalue weighted by Crippen LogP contribution is -2.83. The highest BCUT2D eigenvalue weighted by atomic mass is 16.5. The zero-order valence-electron chi connectivity index (χ0n) is 13.0. The number of nitrogens with zero attached hydrogens (tertiary/aromatic N) is 1. The van der Waals surface area contributed by atoms with Gasteiger partial charge in [0, 0.05) is 31.0 Å². The first-order valence-electron chi connectivity index (χ1n) is 7.81. The Morgan fingerprint density at radius 2 is 2.19 bits per heavy atom. The minimum atomic E-state index is -0.927. The first-order chi connectivity index (χ1) is 9.81. The van der Waals surface area contributed by atoms with Gasteiger partial charge in [-0.3, -0.25) is 9.59 Å². The lowest BCUT2D eigenvalue weighted by atomic mass is 9.46. The van der Waals surface area contributed by atoms with Crippen molar-refractivity contribution < 1.29 is 14.3 Å². The topological polar surface area (TPSA) is 84.7 Å². The van der Waals surface area contributed by atoms with Crippen LogP contribution in [-0.4, -0.2) is 54.1 Å². The van der Waals surface area contributed by atoms with Crippen LogP contribution in [0, 0.1) is 11.3 Å². The Kier molecular flexibility index (Phi) is 3.29. The van der Waals surface area contributed by atoms with E-state index >= 15 is 0 Å². The molecular weight excluding hydrogens is 270 g/mol. The van der Waals surface area contributed by atoms with Crippen molar-refractivity contribution in [2.45, 2.75) is 51.3 Å². The van der Waals surface area contributed by atoms with E-state index in [0.717, 1.165) is 19.4 Å². The summed E-state index contributed by atoms with van der Waals surface area (Å²) in [5.74, 6) is -0.140. The van der Waals surface area contributed by atoms with Gasteiger partial charge in [0.25, 0.3) is 0 Å². The van der Waals surface area contributed by atoms with Gasteiger partial charge in [-0.25, -0.2) is 0 Å². The smallest absolute Gasteiger partial charge is 0.244 e. The molecule has 0 spiro atoms. The standard InChI is InChI=1S/C15H25N3O3/c1-9-12(19)17-6-7-18(9)13(20)15(16)10-5-4-8-21-11(10)14(15,2)3/h9-11H,4-8,16H2,1-3H3,(H,17,19). The van der Waals surface area contributed by atoms with Gasteiger partial charge in [0.15, 0.2) is 0 Å². The normalized spacial score (nSPS) is 41.8. The molecule has 2 heterocycles. The summed E-state index contributed by atoms with van der Waals surface area (Å²) in [5, 5.41) is 2.78. The molecule has 21 heavy (non-hydrogen) atoms. The predicted molar refractivity (Wildman–Crippen MR) is 77.3 cm³/mol. The Balaban J connectivity index is 1.87. The molecule has 2 aliphatic heterocycles. The van der Waals surface area contributed by atoms with Crippen molar-refractivity contribution in [2.24, 2.45) is 17.1 Å². The maximum Gasteiger partial charge on any atom is 0.244 e. The predicted octanol–water partition coefficient (Wildman–Crippen LogP) is -0.134. The first-order valence-corrected chi connectivity index (χ1v) is 7.81. The number of fused-ring (bicyclic) bond motifs is 1. The molecule has 3 rings (SSSR count). The third kappa shape index (κ3) is 1.78. The van der Waals surface area contributed by atoms with Gasteiger partial charge in [-0.15, -0.1) is 0 Å². The fourth-order valence-corrected chi connectivity index (χ4v) is 4.31. The molecule has 2 saturated heterocycles. The zero-order chi connectivity index (χ0) is 15.4. The van der Waals surface area contributed by atoms with E-state index in [4.69, 9.17) is 10.5 Å². The van der Waals surface area contributed by atoms with Gasteiger partial charge < -0.3 is 20.7 Å². The Bertz CT molecular complexity index is 479. The number of nitrogens with one attached hydrogen (secondary N) is 1. The molecule has 0 aromatic rings. The molecule has 3 N–H and O–H groups in total. The molecule has 0 bridgehead atoms. The van der Waals surface area contributed by atoms with Crippen molar-refractivity contribution in [1.82, 2.24) is 10.2 Å². The summed E-state index contributed by atoms with van der Waals surface area (Å²) in [6.07, 6.45) is 1.92. The lowest BCUT2D eigenvalue weighted by molar-refractivity contribution is -0.231. The molecule has 1 aliphatic carbocycles. The molecular formula is C15H25N3O3. The summed E-state index contributed by atoms with van der Waals surface area (Å²) in [4.78, 5) is 26.6. The van der Waals surface area contributed by atoms with E-state index in [2.05, 4.69) is 5.32 Å². The fourth-order valence-electron chi connectivity index (χ4n) is 4.31. The van der Waals surface area contributed by atoms with E-state index in [0.29, 0.717) is 13.1 Å². The summed E-state index contributed by atoms with van der Waals surface area (Å²) >= 11 is 0. The molecule has 0 aromatic heterocycles. The summed E-state index contributed by atoms with van der Waals surface area (Å²) in [5.41, 5.74) is 5.29. The number of nitrogens with two attached hydrogens (primary N) is 1. The van der Waals surface area contributed by atoms with Crippen molar-refractivity contribution in [2.75, 3.05) is 19.7 Å². The van der Waals surface area contributed by atoms with E-state index < -0.39 is 17.0 Å². The Hall–Kier alpha value is -1.14. The van der Waals surface area contributed by atoms with Crippen LogP contribution in [0.5, 0.6) is 0 Å². The van der Waals surface area contributed by atoms with Crippen LogP contribution in [0.4, 0.5) is 0 Å². The maximum absolute atomic E-state index is 13.1. The Morgan fingerprint density at radius 1 is 1.48 bits per heavy atom. The van der Waals surface area contributed by atoms with Crippen molar-refractivity contribution in [3.05, 3.63) is 0 Å². The van der Waals surface area contributed by atoms with E-state index in [1.54, 1.807) is 11.8 Å². The molecule has 4 unspecified atom stereocenters. The SMILES string of the molecule is CC1C(=O)NCCN1C(=O)C1(N)C2CCCOC2C1(C)C. The number of amides is 2. The number of hydrogen-bond acceptors (Lipinski definition) is 4. The van der Waals surface area contributed by atoms with Crippen LogP contribution in [0.25, 0.3) is 0 Å². The number of rotatable bonds is 1. The van der Waals surface area contributed by atoms with E-state index in [9.17, 15) is 9.59 Å². The Morgan fingerprint density at radius 3 is 2.90 bits per heavy atom. The zero-order valence-corrected chi connectivity index (χ0v) is 13.0. The monoisotopic (exact) mass is 295 g/mol. The maximum atomic E-state index is 13.1. The van der Waals surface area contributed by atoms with Gasteiger partial charge in [0.2, 0.25) is 11.8 Å². The second kappa shape index (κ2) is 4.68. The van der Waals surface area contributed by atoms with Crippen LogP contribution in [0.15, 0.2) is 0 Å². The van der Waals surface area contributed by atoms with Crippen molar-refractivity contribution in [3.8, 4) is 0 Å². The highest BCUT2D eigenvalue weighted by Gasteiger charge is 2.71. The van der Waals surface area contributed by atoms with E-state index in [1.165, 1.54) is 0 Å². The Labute approximate surface area is 125 Å². The summed E-state index contributed by atoms with van der Waals surface area (Å²) in [6, 6.07) is -0.453. The van der Waals surface area contributed by atoms with Gasteiger partial charge in [0.05, 0.1) is 6.10 Å². The molecule has 2 amide bonds. The van der Waals surface area contributed by atoms with Crippen LogP contribution in [0.2, 0.25) is 0 Å². The number of piperazine rings is 1. The number of ether oxygens (including phenoxy) is 1. The highest BCUT2D eigenvalue weighted by Crippen LogP contribution is 2.58. The number of hydrogen-bond donors (Lipinski definition) is 2. The third-order valence-electron chi connectivity index (χ3n) is 5.80. The largest absolute Gasteiger partial charge is 0.377 e. The molecule has 118 valence electrons. The summed E-state index contributed by atoms with van der Waals surface area (Å²) in [6.45, 7) is 7.54. The molecule has 0 radical (unpaired) electrons. The van der Waals surface area contributed by atoms with E-state index in [1.807, 2.05) is 13.8 Å². The van der Waals surface area contributed by atoms with Crippen molar-refractivity contribution >= 4 is 11.8 Å². The second-order valence-electron chi connectivity index (χ2n) is 7.10. The highest BCUT2D eigenvalue weighted by molar-refractivity contribution is 5.94. The lowest BCUT2D eigenvalue weighted by Gasteiger charge is -2.66. The van der Waals surface area contributed by atoms with Crippen LogP contribution in [0.1, 0.15) is 33.6 Å². The van der Waals surface area contributed by atoms with Gasteiger partial charge in [-0.2, -0.15) is 0 Å². The van der Waals surface area contributed by atoms with Crippen LogP contribution in [-0.2, 0) is 14.3 Å². The van der Waals surface area contributed by atoms with Crippen molar-refractivity contribution in [3.63, 3.8) is 0 Å². The first kappa shape index (κ1) is 14.8. The average Bonchev–Trinajstić information content (AvgIpc) is 2.48. The van der Waals surface area contributed by atoms with E-state index in [-0.39, 0.29) is 23.8 Å². The van der Waals surface area contributed by atoms with Gasteiger partial charge in [-0.05, 0) is 19.8 Å². The van der Waals surface area contributed by atoms with Crippen LogP contribution >= 0.6 is 0 Å². The fraction of sp³-hybridized carbons (Fsp3) is 0.867. The molecule has 6 heteroatoms. The number of carbonyl (C=O) groups excluding carboxylic acids is 2. The van der Waals surface area contributed by atoms with Gasteiger partial charge in [-0.1, -0.05) is 13.8 Å². The summed E-state index contributed by atoms with van der Waals surface area (Å²) < 4.78 is 5.84.